The summed E-state index contributed by atoms with van der Waals surface area (Å²) in [7, 11) is 0. The van der Waals surface area contributed by atoms with E-state index in [0.717, 1.165) is 0 Å². The minimum absolute atomic E-state index is 0.0105. The van der Waals surface area contributed by atoms with E-state index < -0.39 is 0 Å². The summed E-state index contributed by atoms with van der Waals surface area (Å²) in [5.74, 6) is 1.21. The lowest BCUT2D eigenvalue weighted by Crippen LogP contribution is -2.24. The number of ether oxygens (including phenoxy) is 1. The monoisotopic (exact) mass is 214 g/mol. The third kappa shape index (κ3) is 6.16. The molecule has 0 saturated carbocycles. The zero-order valence-electron chi connectivity index (χ0n) is 6.18. The molecular weight excluding hydrogens is 200 g/mol. The van der Waals surface area contributed by atoms with Crippen LogP contribution in [0.5, 0.6) is 0 Å². The number of hydrogen-bond donors (Lipinski definition) is 4. The molecular formula is C6H14O2S3. The zero-order chi connectivity index (χ0) is 8.69. The van der Waals surface area contributed by atoms with Crippen LogP contribution in [0, 0.1) is 0 Å². The Hall–Kier alpha value is 0.970. The van der Waals surface area contributed by atoms with Crippen LogP contribution in [0.25, 0.3) is 0 Å². The molecule has 0 aromatic heterocycles. The summed E-state index contributed by atoms with van der Waals surface area (Å²) in [5, 5.41) is 8.83. The van der Waals surface area contributed by atoms with Crippen LogP contribution in [0.3, 0.4) is 0 Å². The van der Waals surface area contributed by atoms with Gasteiger partial charge >= 0.3 is 0 Å². The molecule has 0 radical (unpaired) electrons. The van der Waals surface area contributed by atoms with E-state index in [0.29, 0.717) is 18.1 Å². The SMILES string of the molecule is OCC(CS)OCC(S)CS. The molecule has 2 unspecified atom stereocenters. The second-order valence-electron chi connectivity index (χ2n) is 2.16. The van der Waals surface area contributed by atoms with E-state index in [1.807, 2.05) is 0 Å². The predicted octanol–water partition coefficient (Wildman–Crippen LogP) is 0.522. The summed E-state index contributed by atoms with van der Waals surface area (Å²) in [6.45, 7) is 0.523. The molecule has 0 amide bonds. The van der Waals surface area contributed by atoms with Gasteiger partial charge in [-0.15, -0.1) is 0 Å². The van der Waals surface area contributed by atoms with E-state index in [1.165, 1.54) is 0 Å². The van der Waals surface area contributed by atoms with Gasteiger partial charge in [-0.3, -0.25) is 0 Å². The van der Waals surface area contributed by atoms with Crippen LogP contribution in [-0.4, -0.2) is 41.2 Å². The van der Waals surface area contributed by atoms with Gasteiger partial charge in [-0.1, -0.05) is 0 Å². The fourth-order valence-corrected chi connectivity index (χ4v) is 0.875. The van der Waals surface area contributed by atoms with Gasteiger partial charge in [-0.05, 0) is 0 Å². The maximum atomic E-state index is 8.69. The van der Waals surface area contributed by atoms with Crippen molar-refractivity contribution in [3.05, 3.63) is 0 Å². The van der Waals surface area contributed by atoms with Gasteiger partial charge in [0.25, 0.3) is 0 Å². The van der Waals surface area contributed by atoms with Gasteiger partial charge in [0, 0.05) is 16.8 Å². The van der Waals surface area contributed by atoms with Crippen molar-refractivity contribution < 1.29 is 9.84 Å². The van der Waals surface area contributed by atoms with Gasteiger partial charge in [0.1, 0.15) is 0 Å². The molecule has 2 atom stereocenters. The molecule has 0 saturated heterocycles. The molecule has 0 spiro atoms. The lowest BCUT2D eigenvalue weighted by atomic mass is 10.4. The van der Waals surface area contributed by atoms with E-state index in [-0.39, 0.29) is 18.0 Å². The third-order valence-corrected chi connectivity index (χ3v) is 2.61. The topological polar surface area (TPSA) is 29.5 Å². The first-order valence-electron chi connectivity index (χ1n) is 3.36. The van der Waals surface area contributed by atoms with Crippen LogP contribution in [-0.2, 0) is 4.74 Å². The average Bonchev–Trinajstić information content (AvgIpc) is 2.06. The van der Waals surface area contributed by atoms with Gasteiger partial charge in [0.15, 0.2) is 0 Å². The van der Waals surface area contributed by atoms with Gasteiger partial charge in [0.05, 0.1) is 19.3 Å². The second-order valence-corrected chi connectivity index (χ2v) is 3.62. The highest BCUT2D eigenvalue weighted by atomic mass is 32.1. The smallest absolute Gasteiger partial charge is 0.0893 e. The Morgan fingerprint density at radius 2 is 1.91 bits per heavy atom. The molecule has 0 rings (SSSR count). The normalized spacial score (nSPS) is 16.4. The number of aliphatic hydroxyl groups excluding tert-OH is 1. The highest BCUT2D eigenvalue weighted by molar-refractivity contribution is 7.84. The maximum absolute atomic E-state index is 8.69. The fourth-order valence-electron chi connectivity index (χ4n) is 0.463. The number of thiol groups is 3. The predicted molar refractivity (Wildman–Crippen MR) is 57.3 cm³/mol. The molecule has 5 heteroatoms. The molecule has 0 aliphatic rings. The molecule has 1 N–H and O–H groups in total. The van der Waals surface area contributed by atoms with Crippen molar-refractivity contribution in [3.8, 4) is 0 Å². The van der Waals surface area contributed by atoms with Gasteiger partial charge in [0.2, 0.25) is 0 Å². The zero-order valence-corrected chi connectivity index (χ0v) is 8.86. The maximum Gasteiger partial charge on any atom is 0.0893 e. The van der Waals surface area contributed by atoms with Crippen LogP contribution in [0.1, 0.15) is 0 Å². The van der Waals surface area contributed by atoms with E-state index in [1.54, 1.807) is 0 Å². The Labute approximate surface area is 83.9 Å². The molecule has 68 valence electrons. The van der Waals surface area contributed by atoms with Crippen molar-refractivity contribution in [1.82, 2.24) is 0 Å². The van der Waals surface area contributed by atoms with Crippen LogP contribution >= 0.6 is 37.9 Å². The lowest BCUT2D eigenvalue weighted by Gasteiger charge is -2.14. The Bertz CT molecular complexity index is 87.9. The Morgan fingerprint density at radius 3 is 2.27 bits per heavy atom. The minimum atomic E-state index is -0.173. The Kier molecular flexibility index (Phi) is 8.28. The molecule has 0 aliphatic heterocycles. The highest BCUT2D eigenvalue weighted by Gasteiger charge is 2.07. The van der Waals surface area contributed by atoms with Crippen LogP contribution in [0.4, 0.5) is 0 Å². The summed E-state index contributed by atoms with van der Waals surface area (Å²) in [4.78, 5) is 0. The molecule has 0 fully saturated rings. The number of rotatable bonds is 6. The lowest BCUT2D eigenvalue weighted by molar-refractivity contribution is 0.0310. The molecule has 2 nitrogen and oxygen atoms in total. The standard InChI is InChI=1S/C6H14O2S3/c7-1-5(3-9)8-2-6(11)4-10/h5-7,9-11H,1-4H2. The van der Waals surface area contributed by atoms with Crippen molar-refractivity contribution in [2.24, 2.45) is 0 Å². The van der Waals surface area contributed by atoms with Crippen LogP contribution in [0.2, 0.25) is 0 Å². The third-order valence-electron chi connectivity index (χ3n) is 1.14. The molecule has 0 aromatic carbocycles. The summed E-state index contributed by atoms with van der Waals surface area (Å²) in [6.07, 6.45) is -0.173. The molecule has 11 heavy (non-hydrogen) atoms. The van der Waals surface area contributed by atoms with Crippen molar-refractivity contribution in [2.75, 3.05) is 24.7 Å². The van der Waals surface area contributed by atoms with Crippen LogP contribution < -0.4 is 0 Å². The van der Waals surface area contributed by atoms with Crippen molar-refractivity contribution in [2.45, 2.75) is 11.4 Å². The quantitative estimate of drug-likeness (QED) is 0.486. The molecule has 0 aromatic rings. The highest BCUT2D eigenvalue weighted by Crippen LogP contribution is 2.01. The van der Waals surface area contributed by atoms with E-state index in [2.05, 4.69) is 37.9 Å². The number of hydrogen-bond acceptors (Lipinski definition) is 5. The summed E-state index contributed by atoms with van der Waals surface area (Å²) >= 11 is 12.2. The second kappa shape index (κ2) is 7.61. The fraction of sp³-hybridized carbons (Fsp3) is 1.00. The average molecular weight is 214 g/mol. The van der Waals surface area contributed by atoms with Crippen molar-refractivity contribution in [1.29, 1.82) is 0 Å². The van der Waals surface area contributed by atoms with Crippen molar-refractivity contribution >= 4 is 37.9 Å². The first kappa shape index (κ1) is 12.0. The molecule has 0 heterocycles. The first-order valence-corrected chi connectivity index (χ1v) is 5.15. The Balaban J connectivity index is 3.34. The van der Waals surface area contributed by atoms with Crippen molar-refractivity contribution in [3.63, 3.8) is 0 Å². The largest absolute Gasteiger partial charge is 0.394 e. The van der Waals surface area contributed by atoms with E-state index >= 15 is 0 Å². The van der Waals surface area contributed by atoms with Crippen LogP contribution in [0.15, 0.2) is 0 Å². The molecule has 0 aliphatic carbocycles. The Morgan fingerprint density at radius 1 is 1.27 bits per heavy atom. The summed E-state index contributed by atoms with van der Waals surface area (Å²) in [6, 6.07) is 0. The van der Waals surface area contributed by atoms with Gasteiger partial charge in [-0.25, -0.2) is 0 Å². The van der Waals surface area contributed by atoms with Gasteiger partial charge in [-0.2, -0.15) is 37.9 Å². The summed E-state index contributed by atoms with van der Waals surface area (Å²) < 4.78 is 5.24. The van der Waals surface area contributed by atoms with E-state index in [4.69, 9.17) is 9.84 Å². The summed E-state index contributed by atoms with van der Waals surface area (Å²) in [5.41, 5.74) is 0. The van der Waals surface area contributed by atoms with Gasteiger partial charge < -0.3 is 9.84 Å². The first-order chi connectivity index (χ1) is 5.24. The molecule has 0 bridgehead atoms. The van der Waals surface area contributed by atoms with E-state index in [9.17, 15) is 0 Å². The number of aliphatic hydroxyl groups is 1. The minimum Gasteiger partial charge on any atom is -0.394 e.